The number of hydrogen-bond acceptors (Lipinski definition) is 4. The molecule has 0 spiro atoms. The molecule has 7 nitrogen and oxygen atoms in total. The summed E-state index contributed by atoms with van der Waals surface area (Å²) >= 11 is 6.09. The highest BCUT2D eigenvalue weighted by Crippen LogP contribution is 2.27. The van der Waals surface area contributed by atoms with E-state index in [9.17, 15) is 14.4 Å². The molecule has 1 heterocycles. The van der Waals surface area contributed by atoms with Crippen LogP contribution in [0.3, 0.4) is 0 Å². The summed E-state index contributed by atoms with van der Waals surface area (Å²) in [6.07, 6.45) is 1.43. The molecule has 2 aromatic rings. The quantitative estimate of drug-likeness (QED) is 0.616. The molecule has 0 aliphatic carbocycles. The maximum absolute atomic E-state index is 12.5. The van der Waals surface area contributed by atoms with Gasteiger partial charge in [0.05, 0.1) is 10.7 Å². The number of primary amides is 1. The number of carbonyl (C=O) groups is 3. The van der Waals surface area contributed by atoms with Crippen LogP contribution in [0, 0.1) is 0 Å². The van der Waals surface area contributed by atoms with Crippen molar-refractivity contribution in [2.75, 3.05) is 11.6 Å². The van der Waals surface area contributed by atoms with Crippen LogP contribution in [-0.2, 0) is 14.4 Å². The largest absolute Gasteiger partial charge is 0.482 e. The lowest BCUT2D eigenvalue weighted by Gasteiger charge is -2.13. The van der Waals surface area contributed by atoms with Crippen molar-refractivity contribution in [1.82, 2.24) is 5.43 Å². The van der Waals surface area contributed by atoms with Crippen LogP contribution in [0.15, 0.2) is 54.1 Å². The Morgan fingerprint density at radius 1 is 1.19 bits per heavy atom. The molecule has 0 radical (unpaired) electrons. The smallest absolute Gasteiger partial charge is 0.282 e. The van der Waals surface area contributed by atoms with E-state index in [2.05, 4.69) is 5.43 Å². The predicted molar refractivity (Wildman–Crippen MR) is 96.2 cm³/mol. The van der Waals surface area contributed by atoms with E-state index in [1.165, 1.54) is 23.2 Å². The van der Waals surface area contributed by atoms with Crippen molar-refractivity contribution in [1.29, 1.82) is 0 Å². The number of amides is 3. The Labute approximate surface area is 154 Å². The molecule has 0 bridgehead atoms. The van der Waals surface area contributed by atoms with Crippen LogP contribution < -0.4 is 20.9 Å². The van der Waals surface area contributed by atoms with E-state index >= 15 is 0 Å². The second-order valence-corrected chi connectivity index (χ2v) is 5.83. The Bertz CT molecular complexity index is 912. The van der Waals surface area contributed by atoms with Crippen molar-refractivity contribution in [3.8, 4) is 5.75 Å². The van der Waals surface area contributed by atoms with Crippen LogP contribution in [0.4, 0.5) is 5.69 Å². The SMILES string of the molecule is NC(=O)COc1ccc(C=C2C(=O)NN(c3ccccc3)C2=O)cc1Cl. The number of nitrogens with one attached hydrogen (secondary N) is 1. The van der Waals surface area contributed by atoms with Gasteiger partial charge in [-0.25, -0.2) is 5.01 Å². The van der Waals surface area contributed by atoms with Gasteiger partial charge in [-0.3, -0.25) is 19.8 Å². The molecule has 0 atom stereocenters. The summed E-state index contributed by atoms with van der Waals surface area (Å²) in [4.78, 5) is 35.4. The Morgan fingerprint density at radius 3 is 2.58 bits per heavy atom. The second kappa shape index (κ2) is 7.28. The minimum absolute atomic E-state index is 0.0178. The van der Waals surface area contributed by atoms with Crippen molar-refractivity contribution in [3.63, 3.8) is 0 Å². The summed E-state index contributed by atoms with van der Waals surface area (Å²) in [5, 5.41) is 1.41. The highest BCUT2D eigenvalue weighted by atomic mass is 35.5. The fraction of sp³-hybridized carbons (Fsp3) is 0.0556. The monoisotopic (exact) mass is 371 g/mol. The molecule has 3 rings (SSSR count). The molecule has 1 aliphatic heterocycles. The van der Waals surface area contributed by atoms with E-state index in [-0.39, 0.29) is 23.0 Å². The molecule has 26 heavy (non-hydrogen) atoms. The van der Waals surface area contributed by atoms with Crippen molar-refractivity contribution < 1.29 is 19.1 Å². The number of anilines is 1. The Kier molecular flexibility index (Phi) is 4.90. The lowest BCUT2D eigenvalue weighted by molar-refractivity contribution is -0.120. The maximum Gasteiger partial charge on any atom is 0.282 e. The van der Waals surface area contributed by atoms with Crippen LogP contribution in [0.1, 0.15) is 5.56 Å². The number of halogens is 1. The van der Waals surface area contributed by atoms with Gasteiger partial charge in [0.1, 0.15) is 11.3 Å². The van der Waals surface area contributed by atoms with E-state index < -0.39 is 17.7 Å². The maximum atomic E-state index is 12.5. The third-order valence-electron chi connectivity index (χ3n) is 3.54. The van der Waals surface area contributed by atoms with E-state index in [1.54, 1.807) is 30.3 Å². The molecular weight excluding hydrogens is 358 g/mol. The van der Waals surface area contributed by atoms with Gasteiger partial charge in [-0.1, -0.05) is 35.9 Å². The first-order chi connectivity index (χ1) is 12.5. The first-order valence-corrected chi connectivity index (χ1v) is 7.96. The van der Waals surface area contributed by atoms with Crippen molar-refractivity contribution in [2.45, 2.75) is 0 Å². The molecule has 1 fully saturated rings. The summed E-state index contributed by atoms with van der Waals surface area (Å²) in [6.45, 7) is -0.299. The number of nitrogens with zero attached hydrogens (tertiary/aromatic N) is 1. The van der Waals surface area contributed by atoms with Crippen LogP contribution in [0.2, 0.25) is 5.02 Å². The van der Waals surface area contributed by atoms with E-state index in [0.717, 1.165) is 0 Å². The van der Waals surface area contributed by atoms with Gasteiger partial charge < -0.3 is 10.5 Å². The summed E-state index contributed by atoms with van der Waals surface area (Å²) < 4.78 is 5.16. The zero-order chi connectivity index (χ0) is 18.7. The molecule has 0 unspecified atom stereocenters. The molecule has 0 aromatic heterocycles. The number of nitrogens with two attached hydrogens (primary N) is 1. The number of hydrogen-bond donors (Lipinski definition) is 2. The molecule has 8 heteroatoms. The third-order valence-corrected chi connectivity index (χ3v) is 3.84. The average molecular weight is 372 g/mol. The molecule has 0 saturated carbocycles. The van der Waals surface area contributed by atoms with Gasteiger partial charge in [0, 0.05) is 0 Å². The fourth-order valence-electron chi connectivity index (χ4n) is 2.36. The zero-order valence-corrected chi connectivity index (χ0v) is 14.2. The van der Waals surface area contributed by atoms with Crippen LogP contribution in [0.25, 0.3) is 6.08 Å². The molecule has 3 amide bonds. The fourth-order valence-corrected chi connectivity index (χ4v) is 2.60. The summed E-state index contributed by atoms with van der Waals surface area (Å²) in [7, 11) is 0. The van der Waals surface area contributed by atoms with Gasteiger partial charge in [-0.05, 0) is 35.9 Å². The van der Waals surface area contributed by atoms with E-state index in [4.69, 9.17) is 22.1 Å². The standard InChI is InChI=1S/C18H14ClN3O4/c19-14-9-11(6-7-15(14)26-10-16(20)23)8-13-17(24)21-22(18(13)25)12-4-2-1-3-5-12/h1-9H,10H2,(H2,20,23)(H,21,24). The minimum Gasteiger partial charge on any atom is -0.482 e. The van der Waals surface area contributed by atoms with Gasteiger partial charge in [0.25, 0.3) is 17.7 Å². The molecule has 3 N–H and O–H groups in total. The lowest BCUT2D eigenvalue weighted by atomic mass is 10.1. The zero-order valence-electron chi connectivity index (χ0n) is 13.4. The van der Waals surface area contributed by atoms with Gasteiger partial charge in [0.15, 0.2) is 6.61 Å². The lowest BCUT2D eigenvalue weighted by Crippen LogP contribution is -2.35. The number of benzene rings is 2. The van der Waals surface area contributed by atoms with Crippen LogP contribution in [-0.4, -0.2) is 24.3 Å². The second-order valence-electron chi connectivity index (χ2n) is 5.42. The predicted octanol–water partition coefficient (Wildman–Crippen LogP) is 1.67. The highest BCUT2D eigenvalue weighted by Gasteiger charge is 2.34. The van der Waals surface area contributed by atoms with E-state index in [0.29, 0.717) is 11.3 Å². The third kappa shape index (κ3) is 3.68. The summed E-state index contributed by atoms with van der Waals surface area (Å²) in [6, 6.07) is 13.4. The van der Waals surface area contributed by atoms with Gasteiger partial charge in [-0.15, -0.1) is 0 Å². The van der Waals surface area contributed by atoms with Gasteiger partial charge in [0.2, 0.25) is 0 Å². The van der Waals surface area contributed by atoms with Crippen molar-refractivity contribution in [2.24, 2.45) is 5.73 Å². The Morgan fingerprint density at radius 2 is 1.92 bits per heavy atom. The Hall–Kier alpha value is -3.32. The Balaban J connectivity index is 1.83. The number of hydrazine groups is 1. The normalized spacial score (nSPS) is 15.3. The first-order valence-electron chi connectivity index (χ1n) is 7.58. The molecular formula is C18H14ClN3O4. The van der Waals surface area contributed by atoms with E-state index in [1.807, 2.05) is 6.07 Å². The molecule has 132 valence electrons. The van der Waals surface area contributed by atoms with Crippen LogP contribution >= 0.6 is 11.6 Å². The van der Waals surface area contributed by atoms with Gasteiger partial charge in [-0.2, -0.15) is 0 Å². The molecule has 2 aromatic carbocycles. The molecule has 1 saturated heterocycles. The number of rotatable bonds is 5. The summed E-state index contributed by atoms with van der Waals surface area (Å²) in [5.74, 6) is -1.32. The number of ether oxygens (including phenoxy) is 1. The first kappa shape index (κ1) is 17.5. The highest BCUT2D eigenvalue weighted by molar-refractivity contribution is 6.33. The number of carbonyl (C=O) groups excluding carboxylic acids is 3. The van der Waals surface area contributed by atoms with Crippen molar-refractivity contribution in [3.05, 3.63) is 64.7 Å². The topological polar surface area (TPSA) is 102 Å². The number of para-hydroxylation sites is 1. The summed E-state index contributed by atoms with van der Waals surface area (Å²) in [5.41, 5.74) is 8.61. The average Bonchev–Trinajstić information content (AvgIpc) is 2.90. The van der Waals surface area contributed by atoms with Gasteiger partial charge >= 0.3 is 0 Å². The minimum atomic E-state index is -0.624. The van der Waals surface area contributed by atoms with Crippen molar-refractivity contribution >= 4 is 41.1 Å². The molecule has 1 aliphatic rings. The van der Waals surface area contributed by atoms with Crippen LogP contribution in [0.5, 0.6) is 5.75 Å².